The van der Waals surface area contributed by atoms with Gasteiger partial charge in [-0.25, -0.2) is 0 Å². The fraction of sp³-hybridized carbons (Fsp3) is 0.500. The molecule has 0 saturated heterocycles. The highest BCUT2D eigenvalue weighted by atomic mass is 16.3. The molecule has 0 spiro atoms. The van der Waals surface area contributed by atoms with E-state index in [0.29, 0.717) is 11.7 Å². The molecule has 102 valence electrons. The number of hydrogen-bond acceptors (Lipinski definition) is 2. The number of aromatic hydroxyl groups is 1. The highest BCUT2D eigenvalue weighted by molar-refractivity contribution is 5.89. The second-order valence-electron chi connectivity index (χ2n) is 5.71. The molecule has 0 saturated carbocycles. The van der Waals surface area contributed by atoms with Gasteiger partial charge in [-0.1, -0.05) is 25.5 Å². The van der Waals surface area contributed by atoms with Crippen LogP contribution in [0, 0.1) is 0 Å². The normalized spacial score (nSPS) is 20.4. The van der Waals surface area contributed by atoms with Crippen LogP contribution in [-0.2, 0) is 6.42 Å². The van der Waals surface area contributed by atoms with E-state index < -0.39 is 0 Å². The first kappa shape index (κ1) is 12.5. The Labute approximate surface area is 114 Å². The van der Waals surface area contributed by atoms with E-state index in [0.717, 1.165) is 25.0 Å². The van der Waals surface area contributed by atoms with E-state index in [1.807, 2.05) is 6.07 Å². The van der Waals surface area contributed by atoms with E-state index >= 15 is 0 Å². The second kappa shape index (κ2) is 4.89. The standard InChI is InChI=1S/C16H22N2O/c1-3-5-11-10-18(2)9-8-13-12-6-4-7-14(19)16(12)17-15(11)13/h4,6-7,11,17,19H,3,5,8-10H2,1-2H3. The van der Waals surface area contributed by atoms with Gasteiger partial charge in [-0.2, -0.15) is 0 Å². The third kappa shape index (κ3) is 2.12. The first-order valence-corrected chi connectivity index (χ1v) is 7.21. The summed E-state index contributed by atoms with van der Waals surface area (Å²) in [5.41, 5.74) is 3.68. The van der Waals surface area contributed by atoms with Gasteiger partial charge in [0.05, 0.1) is 5.52 Å². The molecule has 2 N–H and O–H groups in total. The Hall–Kier alpha value is -1.48. The molecule has 3 nitrogen and oxygen atoms in total. The fourth-order valence-electron chi connectivity index (χ4n) is 3.34. The molecule has 1 aliphatic heterocycles. The van der Waals surface area contributed by atoms with E-state index in [-0.39, 0.29) is 0 Å². The number of para-hydroxylation sites is 1. The summed E-state index contributed by atoms with van der Waals surface area (Å²) in [6.45, 7) is 4.44. The van der Waals surface area contributed by atoms with E-state index in [9.17, 15) is 5.11 Å². The van der Waals surface area contributed by atoms with Crippen LogP contribution in [0.2, 0.25) is 0 Å². The van der Waals surface area contributed by atoms with Crippen LogP contribution in [0.25, 0.3) is 10.9 Å². The topological polar surface area (TPSA) is 39.3 Å². The molecule has 1 unspecified atom stereocenters. The van der Waals surface area contributed by atoms with Gasteiger partial charge < -0.3 is 15.0 Å². The van der Waals surface area contributed by atoms with Gasteiger partial charge in [0.25, 0.3) is 0 Å². The van der Waals surface area contributed by atoms with Gasteiger partial charge in [-0.3, -0.25) is 0 Å². The maximum absolute atomic E-state index is 10.0. The minimum Gasteiger partial charge on any atom is -0.506 e. The first-order valence-electron chi connectivity index (χ1n) is 7.21. The molecule has 1 aliphatic rings. The molecular formula is C16H22N2O. The van der Waals surface area contributed by atoms with Crippen molar-refractivity contribution in [2.45, 2.75) is 32.1 Å². The van der Waals surface area contributed by atoms with Crippen LogP contribution in [0.5, 0.6) is 5.75 Å². The number of nitrogens with one attached hydrogen (secondary N) is 1. The largest absolute Gasteiger partial charge is 0.506 e. The molecule has 1 atom stereocenters. The fourth-order valence-corrected chi connectivity index (χ4v) is 3.34. The first-order chi connectivity index (χ1) is 9.20. The van der Waals surface area contributed by atoms with Crippen molar-refractivity contribution in [1.82, 2.24) is 9.88 Å². The molecule has 2 aromatic rings. The Morgan fingerprint density at radius 1 is 1.42 bits per heavy atom. The Kier molecular flexibility index (Phi) is 3.23. The third-order valence-corrected chi connectivity index (χ3v) is 4.27. The molecular weight excluding hydrogens is 236 g/mol. The van der Waals surface area contributed by atoms with Gasteiger partial charge >= 0.3 is 0 Å². The minimum atomic E-state index is 0.370. The zero-order valence-corrected chi connectivity index (χ0v) is 11.7. The number of hydrogen-bond donors (Lipinski definition) is 2. The second-order valence-corrected chi connectivity index (χ2v) is 5.71. The van der Waals surface area contributed by atoms with Crippen LogP contribution in [0.1, 0.15) is 36.9 Å². The molecule has 0 radical (unpaired) electrons. The summed E-state index contributed by atoms with van der Waals surface area (Å²) >= 11 is 0. The minimum absolute atomic E-state index is 0.370. The highest BCUT2D eigenvalue weighted by Gasteiger charge is 2.24. The lowest BCUT2D eigenvalue weighted by Crippen LogP contribution is -2.24. The Morgan fingerprint density at radius 3 is 3.05 bits per heavy atom. The number of fused-ring (bicyclic) bond motifs is 3. The summed E-state index contributed by atoms with van der Waals surface area (Å²) in [6.07, 6.45) is 3.46. The van der Waals surface area contributed by atoms with Crippen molar-refractivity contribution < 1.29 is 5.11 Å². The van der Waals surface area contributed by atoms with Gasteiger partial charge in [-0.15, -0.1) is 0 Å². The molecule has 3 rings (SSSR count). The molecule has 0 amide bonds. The van der Waals surface area contributed by atoms with E-state index in [4.69, 9.17) is 0 Å². The average molecular weight is 258 g/mol. The Balaban J connectivity index is 2.15. The van der Waals surface area contributed by atoms with Crippen LogP contribution < -0.4 is 0 Å². The van der Waals surface area contributed by atoms with Crippen molar-refractivity contribution in [3.8, 4) is 5.75 Å². The van der Waals surface area contributed by atoms with Crippen molar-refractivity contribution in [2.75, 3.05) is 20.1 Å². The number of aromatic nitrogens is 1. The van der Waals surface area contributed by atoms with E-state index in [1.54, 1.807) is 6.07 Å². The van der Waals surface area contributed by atoms with Crippen LogP contribution in [0.3, 0.4) is 0 Å². The monoisotopic (exact) mass is 258 g/mol. The lowest BCUT2D eigenvalue weighted by Gasteiger charge is -2.19. The Morgan fingerprint density at radius 2 is 2.26 bits per heavy atom. The molecule has 0 bridgehead atoms. The SMILES string of the molecule is CCCC1CN(C)CCc2c1[nH]c1c(O)cccc21. The smallest absolute Gasteiger partial charge is 0.139 e. The number of aromatic amines is 1. The maximum Gasteiger partial charge on any atom is 0.139 e. The maximum atomic E-state index is 10.0. The number of rotatable bonds is 2. The number of likely N-dealkylation sites (N-methyl/N-ethyl adjacent to an activating group) is 1. The van der Waals surface area contributed by atoms with Crippen molar-refractivity contribution in [2.24, 2.45) is 0 Å². The van der Waals surface area contributed by atoms with Gasteiger partial charge in [0.15, 0.2) is 0 Å². The molecule has 3 heteroatoms. The number of benzene rings is 1. The van der Waals surface area contributed by atoms with Crippen LogP contribution in [0.4, 0.5) is 0 Å². The number of H-pyrrole nitrogens is 1. The van der Waals surface area contributed by atoms with Gasteiger partial charge in [0.2, 0.25) is 0 Å². The predicted octanol–water partition coefficient (Wildman–Crippen LogP) is 3.25. The summed E-state index contributed by atoms with van der Waals surface area (Å²) in [5.74, 6) is 0.925. The summed E-state index contributed by atoms with van der Waals surface area (Å²) in [5, 5.41) is 11.2. The molecule has 19 heavy (non-hydrogen) atoms. The van der Waals surface area contributed by atoms with Crippen LogP contribution in [-0.4, -0.2) is 35.1 Å². The average Bonchev–Trinajstić information content (AvgIpc) is 2.69. The van der Waals surface area contributed by atoms with Crippen molar-refractivity contribution in [3.05, 3.63) is 29.5 Å². The molecule has 0 aliphatic carbocycles. The summed E-state index contributed by atoms with van der Waals surface area (Å²) in [4.78, 5) is 5.92. The molecule has 1 aromatic heterocycles. The van der Waals surface area contributed by atoms with Gasteiger partial charge in [0, 0.05) is 30.1 Å². The highest BCUT2D eigenvalue weighted by Crippen LogP contribution is 2.36. The quantitative estimate of drug-likeness (QED) is 0.868. The molecule has 2 heterocycles. The summed E-state index contributed by atoms with van der Waals surface area (Å²) in [7, 11) is 2.20. The van der Waals surface area contributed by atoms with Crippen molar-refractivity contribution >= 4 is 10.9 Å². The predicted molar refractivity (Wildman–Crippen MR) is 78.8 cm³/mol. The molecule has 1 aromatic carbocycles. The summed E-state index contributed by atoms with van der Waals surface area (Å²) in [6, 6.07) is 5.83. The summed E-state index contributed by atoms with van der Waals surface area (Å²) < 4.78 is 0. The Bertz CT molecular complexity index is 588. The number of phenols is 1. The van der Waals surface area contributed by atoms with Crippen LogP contribution >= 0.6 is 0 Å². The van der Waals surface area contributed by atoms with Crippen molar-refractivity contribution in [1.29, 1.82) is 0 Å². The molecule has 0 fully saturated rings. The number of nitrogens with zero attached hydrogens (tertiary/aromatic N) is 1. The third-order valence-electron chi connectivity index (χ3n) is 4.27. The van der Waals surface area contributed by atoms with E-state index in [2.05, 4.69) is 29.9 Å². The zero-order valence-electron chi connectivity index (χ0n) is 11.7. The zero-order chi connectivity index (χ0) is 13.4. The van der Waals surface area contributed by atoms with Crippen LogP contribution in [0.15, 0.2) is 18.2 Å². The van der Waals surface area contributed by atoms with Crippen molar-refractivity contribution in [3.63, 3.8) is 0 Å². The number of phenolic OH excluding ortho intramolecular Hbond substituents is 1. The van der Waals surface area contributed by atoms with Gasteiger partial charge in [-0.05, 0) is 31.5 Å². The van der Waals surface area contributed by atoms with E-state index in [1.165, 1.54) is 29.5 Å². The lowest BCUT2D eigenvalue weighted by molar-refractivity contribution is 0.317. The lowest BCUT2D eigenvalue weighted by atomic mass is 9.96. The van der Waals surface area contributed by atoms with Gasteiger partial charge in [0.1, 0.15) is 5.75 Å².